The van der Waals surface area contributed by atoms with Gasteiger partial charge in [-0.15, -0.1) is 0 Å². The molecule has 0 aliphatic carbocycles. The molecule has 2 atom stereocenters. The molecule has 1 N–H and O–H groups in total. The van der Waals surface area contributed by atoms with Gasteiger partial charge in [0.25, 0.3) is 0 Å². The van der Waals surface area contributed by atoms with Crippen molar-refractivity contribution >= 4 is 17.5 Å². The third-order valence-corrected chi connectivity index (χ3v) is 3.46. The number of rotatable bonds is 3. The minimum atomic E-state index is -0.804. The molecular formula is C12H15N3O4. The van der Waals surface area contributed by atoms with E-state index in [1.807, 2.05) is 11.8 Å². The fraction of sp³-hybridized carbons (Fsp3) is 0.500. The first kappa shape index (κ1) is 13.3. The number of piperidine rings is 1. The fourth-order valence-corrected chi connectivity index (χ4v) is 2.46. The Morgan fingerprint density at radius 2 is 2.37 bits per heavy atom. The Balaban J connectivity index is 2.24. The molecule has 0 amide bonds. The summed E-state index contributed by atoms with van der Waals surface area (Å²) in [7, 11) is 0. The molecule has 0 bridgehead atoms. The maximum absolute atomic E-state index is 11.0. The van der Waals surface area contributed by atoms with Crippen molar-refractivity contribution in [2.24, 2.45) is 5.92 Å². The lowest BCUT2D eigenvalue weighted by molar-refractivity contribution is -0.384. The molecule has 2 heterocycles. The van der Waals surface area contributed by atoms with Crippen LogP contribution in [-0.4, -0.2) is 33.6 Å². The van der Waals surface area contributed by atoms with Crippen molar-refractivity contribution in [2.75, 3.05) is 11.4 Å². The van der Waals surface area contributed by atoms with E-state index in [0.29, 0.717) is 25.2 Å². The summed E-state index contributed by atoms with van der Waals surface area (Å²) in [6, 6.07) is 2.86. The van der Waals surface area contributed by atoms with E-state index in [4.69, 9.17) is 5.11 Å². The van der Waals surface area contributed by atoms with E-state index in [1.54, 1.807) is 0 Å². The molecule has 0 aromatic carbocycles. The lowest BCUT2D eigenvalue weighted by atomic mass is 9.91. The number of carbonyl (C=O) groups is 1. The summed E-state index contributed by atoms with van der Waals surface area (Å²) in [6.45, 7) is 2.34. The summed E-state index contributed by atoms with van der Waals surface area (Å²) in [5.74, 6) is -0.861. The number of anilines is 1. The van der Waals surface area contributed by atoms with E-state index >= 15 is 0 Å². The van der Waals surface area contributed by atoms with Gasteiger partial charge in [0.1, 0.15) is 0 Å². The Kier molecular flexibility index (Phi) is 3.64. The largest absolute Gasteiger partial charge is 0.481 e. The average molecular weight is 265 g/mol. The Morgan fingerprint density at radius 1 is 1.63 bits per heavy atom. The van der Waals surface area contributed by atoms with E-state index in [0.717, 1.165) is 0 Å². The highest BCUT2D eigenvalue weighted by Crippen LogP contribution is 2.32. The van der Waals surface area contributed by atoms with Crippen molar-refractivity contribution in [3.05, 3.63) is 28.4 Å². The second kappa shape index (κ2) is 5.21. The quantitative estimate of drug-likeness (QED) is 0.659. The van der Waals surface area contributed by atoms with Crippen molar-refractivity contribution in [3.8, 4) is 0 Å². The number of carboxylic acids is 1. The van der Waals surface area contributed by atoms with Crippen molar-refractivity contribution in [2.45, 2.75) is 25.8 Å². The molecule has 0 radical (unpaired) electrons. The van der Waals surface area contributed by atoms with Crippen LogP contribution in [0, 0.1) is 16.0 Å². The van der Waals surface area contributed by atoms with Crippen LogP contribution in [0.5, 0.6) is 0 Å². The second-order valence-corrected chi connectivity index (χ2v) is 4.71. The Bertz CT molecular complexity index is 506. The number of hydrogen-bond donors (Lipinski definition) is 1. The highest BCUT2D eigenvalue weighted by Gasteiger charge is 2.33. The molecule has 1 aromatic rings. The fourth-order valence-electron chi connectivity index (χ4n) is 2.46. The summed E-state index contributed by atoms with van der Waals surface area (Å²) in [6.07, 6.45) is 2.47. The molecule has 1 aliphatic rings. The molecule has 1 saturated heterocycles. The topological polar surface area (TPSA) is 96.6 Å². The van der Waals surface area contributed by atoms with Gasteiger partial charge in [-0.05, 0) is 25.8 Å². The summed E-state index contributed by atoms with van der Waals surface area (Å²) >= 11 is 0. The van der Waals surface area contributed by atoms with Gasteiger partial charge in [0.2, 0.25) is 5.82 Å². The lowest BCUT2D eigenvalue weighted by Gasteiger charge is -2.36. The van der Waals surface area contributed by atoms with E-state index in [-0.39, 0.29) is 17.6 Å². The van der Waals surface area contributed by atoms with Gasteiger partial charge in [0.05, 0.1) is 10.8 Å². The number of carboxylic acid groups (broad SMARTS) is 1. The first-order valence-corrected chi connectivity index (χ1v) is 6.09. The Morgan fingerprint density at radius 3 is 2.95 bits per heavy atom. The molecule has 1 aliphatic heterocycles. The number of hydrogen-bond acceptors (Lipinski definition) is 5. The minimum absolute atomic E-state index is 0.0388. The molecular weight excluding hydrogens is 250 g/mol. The van der Waals surface area contributed by atoms with Gasteiger partial charge in [-0.1, -0.05) is 0 Å². The zero-order chi connectivity index (χ0) is 14.0. The molecule has 2 rings (SSSR count). The zero-order valence-electron chi connectivity index (χ0n) is 10.5. The standard InChI is InChI=1S/C12H15N3O4/c1-8-7-9(12(16)17)4-6-14(8)11-10(15(18)19)3-2-5-13-11/h2-3,5,8-9H,4,6-7H2,1H3,(H,16,17). The molecule has 7 heteroatoms. The molecule has 19 heavy (non-hydrogen) atoms. The Labute approximate surface area is 110 Å². The first-order valence-electron chi connectivity index (χ1n) is 6.09. The van der Waals surface area contributed by atoms with Gasteiger partial charge >= 0.3 is 11.7 Å². The SMILES string of the molecule is CC1CC(C(=O)O)CCN1c1ncccc1[N+](=O)[O-]. The smallest absolute Gasteiger partial charge is 0.311 e. The van der Waals surface area contributed by atoms with Gasteiger partial charge in [-0.25, -0.2) is 4.98 Å². The third-order valence-electron chi connectivity index (χ3n) is 3.46. The second-order valence-electron chi connectivity index (χ2n) is 4.71. The van der Waals surface area contributed by atoms with Crippen LogP contribution in [0.15, 0.2) is 18.3 Å². The summed E-state index contributed by atoms with van der Waals surface area (Å²) in [5.41, 5.74) is -0.0388. The normalized spacial score (nSPS) is 23.1. The number of pyridine rings is 1. The predicted molar refractivity (Wildman–Crippen MR) is 68.1 cm³/mol. The lowest BCUT2D eigenvalue weighted by Crippen LogP contribution is -2.43. The molecule has 0 spiro atoms. The van der Waals surface area contributed by atoms with E-state index in [2.05, 4.69) is 4.98 Å². The van der Waals surface area contributed by atoms with Crippen molar-refractivity contribution < 1.29 is 14.8 Å². The molecule has 102 valence electrons. The number of aliphatic carboxylic acids is 1. The van der Waals surface area contributed by atoms with Gasteiger partial charge in [-0.2, -0.15) is 0 Å². The number of nitrogens with zero attached hydrogens (tertiary/aromatic N) is 3. The van der Waals surface area contributed by atoms with Crippen LogP contribution in [0.2, 0.25) is 0 Å². The van der Waals surface area contributed by atoms with Crippen LogP contribution in [0.1, 0.15) is 19.8 Å². The van der Waals surface area contributed by atoms with Crippen molar-refractivity contribution in [3.63, 3.8) is 0 Å². The monoisotopic (exact) mass is 265 g/mol. The number of nitro groups is 1. The van der Waals surface area contributed by atoms with E-state index in [1.165, 1.54) is 18.3 Å². The maximum Gasteiger partial charge on any atom is 0.311 e. The van der Waals surface area contributed by atoms with Crippen LogP contribution in [0.3, 0.4) is 0 Å². The summed E-state index contributed by atoms with van der Waals surface area (Å²) in [4.78, 5) is 27.4. The molecule has 2 unspecified atom stereocenters. The molecule has 1 aromatic heterocycles. The molecule has 0 saturated carbocycles. The van der Waals surface area contributed by atoms with Crippen LogP contribution in [-0.2, 0) is 4.79 Å². The van der Waals surface area contributed by atoms with Crippen molar-refractivity contribution in [1.82, 2.24) is 4.98 Å². The number of aromatic nitrogens is 1. The van der Waals surface area contributed by atoms with Crippen LogP contribution in [0.4, 0.5) is 11.5 Å². The molecule has 1 fully saturated rings. The Hall–Kier alpha value is -2.18. The first-order chi connectivity index (χ1) is 9.00. The summed E-state index contributed by atoms with van der Waals surface area (Å²) in [5, 5.41) is 20.0. The van der Waals surface area contributed by atoms with Crippen LogP contribution in [0.25, 0.3) is 0 Å². The predicted octanol–water partition coefficient (Wildman–Crippen LogP) is 1.68. The van der Waals surface area contributed by atoms with Gasteiger partial charge in [0.15, 0.2) is 0 Å². The highest BCUT2D eigenvalue weighted by molar-refractivity contribution is 5.71. The van der Waals surface area contributed by atoms with Gasteiger partial charge in [0, 0.05) is 24.8 Å². The molecule has 7 nitrogen and oxygen atoms in total. The highest BCUT2D eigenvalue weighted by atomic mass is 16.6. The van der Waals surface area contributed by atoms with Crippen molar-refractivity contribution in [1.29, 1.82) is 0 Å². The minimum Gasteiger partial charge on any atom is -0.481 e. The third kappa shape index (κ3) is 2.64. The van der Waals surface area contributed by atoms with Gasteiger partial charge in [-0.3, -0.25) is 14.9 Å². The van der Waals surface area contributed by atoms with Crippen LogP contribution >= 0.6 is 0 Å². The zero-order valence-corrected chi connectivity index (χ0v) is 10.5. The van der Waals surface area contributed by atoms with Crippen LogP contribution < -0.4 is 4.90 Å². The average Bonchev–Trinajstić information content (AvgIpc) is 2.38. The summed E-state index contributed by atoms with van der Waals surface area (Å²) < 4.78 is 0. The van der Waals surface area contributed by atoms with E-state index < -0.39 is 10.9 Å². The van der Waals surface area contributed by atoms with Gasteiger partial charge < -0.3 is 10.0 Å². The van der Waals surface area contributed by atoms with E-state index in [9.17, 15) is 14.9 Å². The maximum atomic E-state index is 11.0.